The van der Waals surface area contributed by atoms with Crippen LogP contribution in [-0.2, 0) is 16.1 Å². The predicted molar refractivity (Wildman–Crippen MR) is 108 cm³/mol. The van der Waals surface area contributed by atoms with Gasteiger partial charge in [0.05, 0.1) is 10.6 Å². The summed E-state index contributed by atoms with van der Waals surface area (Å²) in [5, 5.41) is 11.8. The summed E-state index contributed by atoms with van der Waals surface area (Å²) in [5.74, 6) is 1.36. The fourth-order valence-corrected chi connectivity index (χ4v) is 3.92. The molecule has 3 aromatic rings. The second-order valence-electron chi connectivity index (χ2n) is 5.34. The van der Waals surface area contributed by atoms with Crippen LogP contribution in [-0.4, -0.2) is 39.7 Å². The summed E-state index contributed by atoms with van der Waals surface area (Å²) in [6, 6.07) is 11.0. The molecule has 0 aliphatic carbocycles. The quantitative estimate of drug-likeness (QED) is 0.289. The van der Waals surface area contributed by atoms with Crippen LogP contribution in [0.2, 0.25) is 5.02 Å². The number of aromatic nitrogens is 3. The number of carbonyl (C=O) groups is 1. The fraction of sp³-hybridized carbons (Fsp3) is 0.278. The van der Waals surface area contributed by atoms with Gasteiger partial charge in [-0.25, -0.2) is 0 Å². The molecule has 142 valence electrons. The van der Waals surface area contributed by atoms with E-state index in [2.05, 4.69) is 10.2 Å². The number of thioether (sulfide) groups is 1. The molecule has 2 aromatic heterocycles. The summed E-state index contributed by atoms with van der Waals surface area (Å²) in [5.41, 5.74) is 0. The predicted octanol–water partition coefficient (Wildman–Crippen LogP) is 4.39. The number of halogens is 1. The third-order valence-electron chi connectivity index (χ3n) is 3.52. The van der Waals surface area contributed by atoms with Crippen molar-refractivity contribution < 1.29 is 14.3 Å². The minimum atomic E-state index is -0.317. The van der Waals surface area contributed by atoms with Gasteiger partial charge in [0.1, 0.15) is 19.0 Å². The number of rotatable bonds is 9. The van der Waals surface area contributed by atoms with E-state index >= 15 is 0 Å². The van der Waals surface area contributed by atoms with Gasteiger partial charge in [-0.3, -0.25) is 4.79 Å². The molecule has 9 heteroatoms. The van der Waals surface area contributed by atoms with Crippen molar-refractivity contribution in [2.24, 2.45) is 0 Å². The van der Waals surface area contributed by atoms with Crippen LogP contribution in [0.25, 0.3) is 10.7 Å². The van der Waals surface area contributed by atoms with Crippen LogP contribution in [0.15, 0.2) is 46.9 Å². The van der Waals surface area contributed by atoms with E-state index in [0.29, 0.717) is 15.9 Å². The smallest absolute Gasteiger partial charge is 0.316 e. The Balaban J connectivity index is 1.43. The van der Waals surface area contributed by atoms with E-state index in [1.54, 1.807) is 35.6 Å². The molecule has 0 spiro atoms. The van der Waals surface area contributed by atoms with E-state index in [-0.39, 0.29) is 24.9 Å². The number of ether oxygens (including phenoxy) is 2. The average molecular weight is 424 g/mol. The van der Waals surface area contributed by atoms with Crippen LogP contribution in [0.5, 0.6) is 5.75 Å². The van der Waals surface area contributed by atoms with Crippen molar-refractivity contribution in [1.29, 1.82) is 0 Å². The minimum Gasteiger partial charge on any atom is -0.490 e. The molecule has 0 saturated heterocycles. The zero-order valence-corrected chi connectivity index (χ0v) is 17.0. The topological polar surface area (TPSA) is 66.2 Å². The molecule has 0 N–H and O–H groups in total. The molecule has 1 aromatic carbocycles. The van der Waals surface area contributed by atoms with Gasteiger partial charge in [0, 0.05) is 11.6 Å². The SMILES string of the molecule is CCn1c(SCC(=O)OCCOc2ccc(Cl)cc2)nnc1-c1cccs1. The van der Waals surface area contributed by atoms with Gasteiger partial charge in [0.15, 0.2) is 11.0 Å². The summed E-state index contributed by atoms with van der Waals surface area (Å²) < 4.78 is 12.7. The first-order valence-electron chi connectivity index (χ1n) is 8.31. The number of carbonyl (C=O) groups excluding carboxylic acids is 1. The Morgan fingerprint density at radius 3 is 2.74 bits per heavy atom. The Kier molecular flexibility index (Phi) is 7.14. The van der Waals surface area contributed by atoms with Crippen molar-refractivity contribution in [3.8, 4) is 16.5 Å². The summed E-state index contributed by atoms with van der Waals surface area (Å²) in [7, 11) is 0. The molecule has 27 heavy (non-hydrogen) atoms. The maximum absolute atomic E-state index is 11.9. The van der Waals surface area contributed by atoms with Crippen LogP contribution in [0.4, 0.5) is 0 Å². The molecule has 0 amide bonds. The Hall–Kier alpha value is -2.03. The lowest BCUT2D eigenvalue weighted by molar-refractivity contribution is -0.141. The molecule has 3 rings (SSSR count). The Morgan fingerprint density at radius 2 is 2.04 bits per heavy atom. The third kappa shape index (κ3) is 5.47. The first-order chi connectivity index (χ1) is 13.2. The highest BCUT2D eigenvalue weighted by Crippen LogP contribution is 2.27. The Bertz CT molecular complexity index is 867. The summed E-state index contributed by atoms with van der Waals surface area (Å²) in [4.78, 5) is 13.0. The van der Waals surface area contributed by atoms with Crippen LogP contribution in [0, 0.1) is 0 Å². The van der Waals surface area contributed by atoms with Crippen molar-refractivity contribution in [3.05, 3.63) is 46.8 Å². The first kappa shape index (κ1) is 19.7. The Labute approximate surface area is 170 Å². The third-order valence-corrected chi connectivity index (χ3v) is 5.58. The lowest BCUT2D eigenvalue weighted by Crippen LogP contribution is -2.14. The lowest BCUT2D eigenvalue weighted by Gasteiger charge is -2.08. The highest BCUT2D eigenvalue weighted by molar-refractivity contribution is 7.99. The van der Waals surface area contributed by atoms with Gasteiger partial charge in [-0.2, -0.15) is 0 Å². The maximum Gasteiger partial charge on any atom is 0.316 e. The van der Waals surface area contributed by atoms with Crippen LogP contribution < -0.4 is 4.74 Å². The molecule has 0 unspecified atom stereocenters. The van der Waals surface area contributed by atoms with Crippen molar-refractivity contribution in [2.45, 2.75) is 18.6 Å². The average Bonchev–Trinajstić information content (AvgIpc) is 3.34. The summed E-state index contributed by atoms with van der Waals surface area (Å²) in [6.07, 6.45) is 0. The van der Waals surface area contributed by atoms with Gasteiger partial charge in [-0.1, -0.05) is 29.4 Å². The zero-order valence-electron chi connectivity index (χ0n) is 14.6. The van der Waals surface area contributed by atoms with Crippen LogP contribution in [0.1, 0.15) is 6.92 Å². The number of esters is 1. The number of hydrogen-bond donors (Lipinski definition) is 0. The largest absolute Gasteiger partial charge is 0.490 e. The molecule has 2 heterocycles. The number of hydrogen-bond acceptors (Lipinski definition) is 7. The zero-order chi connectivity index (χ0) is 19.1. The molecular formula is C18H18ClN3O3S2. The summed E-state index contributed by atoms with van der Waals surface area (Å²) >= 11 is 8.74. The number of thiophene rings is 1. The highest BCUT2D eigenvalue weighted by atomic mass is 35.5. The normalized spacial score (nSPS) is 10.7. The van der Waals surface area contributed by atoms with Crippen molar-refractivity contribution in [1.82, 2.24) is 14.8 Å². The fourth-order valence-electron chi connectivity index (χ4n) is 2.28. The molecule has 0 radical (unpaired) electrons. The van der Waals surface area contributed by atoms with Gasteiger partial charge >= 0.3 is 5.97 Å². The summed E-state index contributed by atoms with van der Waals surface area (Å²) in [6.45, 7) is 3.22. The van der Waals surface area contributed by atoms with Crippen LogP contribution in [0.3, 0.4) is 0 Å². The second-order valence-corrected chi connectivity index (χ2v) is 7.67. The van der Waals surface area contributed by atoms with E-state index in [0.717, 1.165) is 17.2 Å². The monoisotopic (exact) mass is 423 g/mol. The van der Waals surface area contributed by atoms with E-state index in [1.807, 2.05) is 29.0 Å². The maximum atomic E-state index is 11.9. The molecule has 0 saturated carbocycles. The molecule has 0 atom stereocenters. The molecule has 0 bridgehead atoms. The Morgan fingerprint density at radius 1 is 1.22 bits per heavy atom. The van der Waals surface area contributed by atoms with Crippen molar-refractivity contribution in [2.75, 3.05) is 19.0 Å². The minimum absolute atomic E-state index is 0.170. The van der Waals surface area contributed by atoms with Gasteiger partial charge in [-0.05, 0) is 42.6 Å². The van der Waals surface area contributed by atoms with E-state index < -0.39 is 0 Å². The van der Waals surface area contributed by atoms with E-state index in [9.17, 15) is 4.79 Å². The van der Waals surface area contributed by atoms with E-state index in [4.69, 9.17) is 21.1 Å². The molecule has 0 aliphatic heterocycles. The standard InChI is InChI=1S/C18H18ClN3O3S2/c1-2-22-17(15-4-3-11-26-15)20-21-18(22)27-12-16(23)25-10-9-24-14-7-5-13(19)6-8-14/h3-8,11H,2,9-10,12H2,1H3. The first-order valence-corrected chi connectivity index (χ1v) is 10.6. The molecule has 0 aliphatic rings. The number of benzene rings is 1. The van der Waals surface area contributed by atoms with Gasteiger partial charge in [-0.15, -0.1) is 21.5 Å². The van der Waals surface area contributed by atoms with Crippen LogP contribution >= 0.6 is 34.7 Å². The molecular weight excluding hydrogens is 406 g/mol. The molecule has 0 fully saturated rings. The van der Waals surface area contributed by atoms with Gasteiger partial charge in [0.2, 0.25) is 0 Å². The van der Waals surface area contributed by atoms with E-state index in [1.165, 1.54) is 11.8 Å². The number of nitrogens with zero attached hydrogens (tertiary/aromatic N) is 3. The lowest BCUT2D eigenvalue weighted by atomic mass is 10.3. The second kappa shape index (κ2) is 9.77. The molecule has 6 nitrogen and oxygen atoms in total. The van der Waals surface area contributed by atoms with Crippen molar-refractivity contribution >= 4 is 40.7 Å². The van der Waals surface area contributed by atoms with Crippen molar-refractivity contribution in [3.63, 3.8) is 0 Å². The highest BCUT2D eigenvalue weighted by Gasteiger charge is 2.15. The van der Waals surface area contributed by atoms with Gasteiger partial charge in [0.25, 0.3) is 0 Å². The van der Waals surface area contributed by atoms with Gasteiger partial charge < -0.3 is 14.0 Å².